The Morgan fingerprint density at radius 3 is 2.43 bits per heavy atom. The number of nitro benzene ring substituents is 1. The average molecular weight is 411 g/mol. The molecule has 10 heteroatoms. The number of ether oxygens (including phenoxy) is 1. The highest BCUT2D eigenvalue weighted by Crippen LogP contribution is 2.38. The van der Waals surface area contributed by atoms with Crippen molar-refractivity contribution in [2.24, 2.45) is 5.73 Å². The van der Waals surface area contributed by atoms with Crippen LogP contribution < -0.4 is 10.5 Å². The summed E-state index contributed by atoms with van der Waals surface area (Å²) in [5.74, 6) is -3.71. The molecule has 0 bridgehead atoms. The quantitative estimate of drug-likeness (QED) is 0.249. The minimum atomic E-state index is -1.31. The van der Waals surface area contributed by atoms with Gasteiger partial charge in [0.1, 0.15) is 5.75 Å². The molecule has 0 saturated carbocycles. The summed E-state index contributed by atoms with van der Waals surface area (Å²) >= 11 is 0. The van der Waals surface area contributed by atoms with Gasteiger partial charge >= 0.3 is 5.97 Å². The second-order valence-corrected chi connectivity index (χ2v) is 6.50. The van der Waals surface area contributed by atoms with Crippen LogP contribution in [0.4, 0.5) is 5.69 Å². The highest BCUT2D eigenvalue weighted by atomic mass is 16.6. The molecule has 0 saturated heterocycles. The summed E-state index contributed by atoms with van der Waals surface area (Å²) in [5, 5.41) is 20.5. The van der Waals surface area contributed by atoms with Crippen molar-refractivity contribution < 1.29 is 29.2 Å². The molecule has 2 aromatic carbocycles. The van der Waals surface area contributed by atoms with Crippen molar-refractivity contribution in [3.8, 4) is 5.75 Å². The average Bonchev–Trinajstić information content (AvgIpc) is 2.97. The maximum Gasteiger partial charge on any atom is 0.341 e. The predicted octanol–water partition coefficient (Wildman–Crippen LogP) is 2.04. The molecule has 1 amide bonds. The van der Waals surface area contributed by atoms with Crippen LogP contribution >= 0.6 is 0 Å². The van der Waals surface area contributed by atoms with Crippen LogP contribution in [0.2, 0.25) is 0 Å². The lowest BCUT2D eigenvalue weighted by Gasteiger charge is -2.10. The van der Waals surface area contributed by atoms with E-state index < -0.39 is 29.2 Å². The van der Waals surface area contributed by atoms with E-state index in [4.69, 9.17) is 15.6 Å². The normalized spacial score (nSPS) is 10.7. The molecule has 154 valence electrons. The highest BCUT2D eigenvalue weighted by Gasteiger charge is 2.28. The van der Waals surface area contributed by atoms with Gasteiger partial charge in [-0.2, -0.15) is 0 Å². The van der Waals surface area contributed by atoms with E-state index in [1.165, 1.54) is 6.07 Å². The number of nitrogens with zero attached hydrogens (tertiary/aromatic N) is 2. The molecule has 0 radical (unpaired) electrons. The van der Waals surface area contributed by atoms with Gasteiger partial charge in [0.15, 0.2) is 6.61 Å². The SMILES string of the molecule is Cc1c(C(=O)C(N)=O)c2c(OCC(=O)O)cc([N+](=O)[O-])cc2n1Cc1ccccc1. The van der Waals surface area contributed by atoms with Crippen molar-refractivity contribution in [1.82, 2.24) is 4.57 Å². The number of carbonyl (C=O) groups excluding carboxylic acids is 2. The number of rotatable bonds is 8. The Hall–Kier alpha value is -4.21. The molecule has 1 aromatic heterocycles. The van der Waals surface area contributed by atoms with Crippen LogP contribution in [0.1, 0.15) is 21.6 Å². The van der Waals surface area contributed by atoms with E-state index in [0.29, 0.717) is 5.69 Å². The molecule has 0 aliphatic rings. The van der Waals surface area contributed by atoms with Crippen LogP contribution in [0.15, 0.2) is 42.5 Å². The van der Waals surface area contributed by atoms with Gasteiger partial charge in [0.2, 0.25) is 0 Å². The van der Waals surface area contributed by atoms with Gasteiger partial charge in [0, 0.05) is 18.3 Å². The molecule has 3 rings (SSSR count). The zero-order chi connectivity index (χ0) is 22.0. The number of nitrogens with two attached hydrogens (primary N) is 1. The summed E-state index contributed by atoms with van der Waals surface area (Å²) < 4.78 is 6.87. The van der Waals surface area contributed by atoms with E-state index in [0.717, 1.165) is 11.6 Å². The third kappa shape index (κ3) is 3.83. The number of aliphatic carboxylic acids is 1. The maximum atomic E-state index is 12.6. The third-order valence-corrected chi connectivity index (χ3v) is 4.57. The van der Waals surface area contributed by atoms with Crippen molar-refractivity contribution in [3.05, 3.63) is 69.4 Å². The summed E-state index contributed by atoms with van der Waals surface area (Å²) in [7, 11) is 0. The van der Waals surface area contributed by atoms with Crippen LogP contribution in [0.3, 0.4) is 0 Å². The van der Waals surface area contributed by atoms with Gasteiger partial charge in [-0.15, -0.1) is 0 Å². The monoisotopic (exact) mass is 411 g/mol. The molecule has 30 heavy (non-hydrogen) atoms. The lowest BCUT2D eigenvalue weighted by Crippen LogP contribution is -2.24. The Labute approximate surface area is 169 Å². The summed E-state index contributed by atoms with van der Waals surface area (Å²) in [6.07, 6.45) is 0. The smallest absolute Gasteiger partial charge is 0.341 e. The number of carboxylic acid groups (broad SMARTS) is 1. The molecule has 0 aliphatic carbocycles. The first-order chi connectivity index (χ1) is 14.2. The first kappa shape index (κ1) is 20.5. The fourth-order valence-electron chi connectivity index (χ4n) is 3.28. The molecule has 10 nitrogen and oxygen atoms in total. The molecule has 0 unspecified atom stereocenters. The number of hydrogen-bond acceptors (Lipinski definition) is 6. The number of primary amides is 1. The van der Waals surface area contributed by atoms with E-state index in [-0.39, 0.29) is 34.4 Å². The number of hydrogen-bond donors (Lipinski definition) is 2. The molecule has 0 fully saturated rings. The molecular weight excluding hydrogens is 394 g/mol. The van der Waals surface area contributed by atoms with Gasteiger partial charge in [-0.05, 0) is 12.5 Å². The minimum absolute atomic E-state index is 0.0799. The molecule has 0 aliphatic heterocycles. The molecule has 1 heterocycles. The minimum Gasteiger partial charge on any atom is -0.481 e. The number of nitro groups is 1. The van der Waals surface area contributed by atoms with Crippen LogP contribution in [0, 0.1) is 17.0 Å². The van der Waals surface area contributed by atoms with E-state index in [1.54, 1.807) is 11.5 Å². The summed E-state index contributed by atoms with van der Waals surface area (Å²) in [6, 6.07) is 11.4. The number of carboxylic acids is 1. The van der Waals surface area contributed by atoms with E-state index >= 15 is 0 Å². The summed E-state index contributed by atoms with van der Waals surface area (Å²) in [6.45, 7) is 1.03. The zero-order valence-corrected chi connectivity index (χ0v) is 15.8. The Morgan fingerprint density at radius 2 is 1.87 bits per heavy atom. The third-order valence-electron chi connectivity index (χ3n) is 4.57. The Morgan fingerprint density at radius 1 is 1.20 bits per heavy atom. The lowest BCUT2D eigenvalue weighted by molar-refractivity contribution is -0.384. The van der Waals surface area contributed by atoms with Gasteiger partial charge in [-0.1, -0.05) is 30.3 Å². The second-order valence-electron chi connectivity index (χ2n) is 6.50. The molecule has 3 aromatic rings. The van der Waals surface area contributed by atoms with Gasteiger partial charge < -0.3 is 20.1 Å². The largest absolute Gasteiger partial charge is 0.481 e. The number of Topliss-reactive ketones (excluding diaryl/α,β-unsaturated/α-hetero) is 1. The summed E-state index contributed by atoms with van der Waals surface area (Å²) in [5.41, 5.74) is 6.20. The number of aromatic nitrogens is 1. The van der Waals surface area contributed by atoms with Crippen molar-refractivity contribution in [3.63, 3.8) is 0 Å². The maximum absolute atomic E-state index is 12.6. The first-order valence-electron chi connectivity index (χ1n) is 8.74. The van der Waals surface area contributed by atoms with E-state index in [2.05, 4.69) is 0 Å². The number of benzene rings is 2. The van der Waals surface area contributed by atoms with Crippen molar-refractivity contribution in [1.29, 1.82) is 0 Å². The Kier molecular flexibility index (Phi) is 5.50. The van der Waals surface area contributed by atoms with Gasteiger partial charge in [-0.25, -0.2) is 4.79 Å². The fourth-order valence-corrected chi connectivity index (χ4v) is 3.28. The topological polar surface area (TPSA) is 155 Å². The standard InChI is InChI=1S/C20H17N3O7/c1-11-17(19(26)20(21)27)18-14(22(11)9-12-5-3-2-4-6-12)7-13(23(28)29)8-15(18)30-10-16(24)25/h2-8H,9-10H2,1H3,(H2,21,27)(H,24,25). The molecule has 0 atom stereocenters. The number of fused-ring (bicyclic) bond motifs is 1. The zero-order valence-electron chi connectivity index (χ0n) is 15.8. The highest BCUT2D eigenvalue weighted by molar-refractivity contribution is 6.45. The Bertz CT molecular complexity index is 1180. The van der Waals surface area contributed by atoms with Crippen molar-refractivity contribution in [2.75, 3.05) is 6.61 Å². The number of amides is 1. The van der Waals surface area contributed by atoms with Gasteiger partial charge in [0.05, 0.1) is 27.5 Å². The van der Waals surface area contributed by atoms with Crippen LogP contribution in [-0.4, -0.2) is 38.9 Å². The lowest BCUT2D eigenvalue weighted by atomic mass is 10.0. The summed E-state index contributed by atoms with van der Waals surface area (Å²) in [4.78, 5) is 45.9. The molecular formula is C20H17N3O7. The van der Waals surface area contributed by atoms with E-state index in [1.807, 2.05) is 30.3 Å². The molecule has 0 spiro atoms. The first-order valence-corrected chi connectivity index (χ1v) is 8.74. The van der Waals surface area contributed by atoms with Crippen LogP contribution in [-0.2, 0) is 16.1 Å². The van der Waals surface area contributed by atoms with Crippen LogP contribution in [0.25, 0.3) is 10.9 Å². The van der Waals surface area contributed by atoms with Crippen molar-refractivity contribution in [2.45, 2.75) is 13.5 Å². The van der Waals surface area contributed by atoms with Crippen LogP contribution in [0.5, 0.6) is 5.75 Å². The number of non-ortho nitro benzene ring substituents is 1. The van der Waals surface area contributed by atoms with Gasteiger partial charge in [0.25, 0.3) is 17.4 Å². The fraction of sp³-hybridized carbons (Fsp3) is 0.150. The molecule has 3 N–H and O–H groups in total. The van der Waals surface area contributed by atoms with Crippen molar-refractivity contribution >= 4 is 34.3 Å². The Balaban J connectivity index is 2.35. The van der Waals surface area contributed by atoms with E-state index in [9.17, 15) is 24.5 Å². The predicted molar refractivity (Wildman–Crippen MR) is 106 cm³/mol. The number of carbonyl (C=O) groups is 3. The second kappa shape index (κ2) is 8.03. The number of ketones is 1. The van der Waals surface area contributed by atoms with Gasteiger partial charge in [-0.3, -0.25) is 19.7 Å².